The van der Waals surface area contributed by atoms with Gasteiger partial charge in [0.25, 0.3) is 5.91 Å². The summed E-state index contributed by atoms with van der Waals surface area (Å²) in [6.45, 7) is 8.22. The number of thiophene rings is 1. The van der Waals surface area contributed by atoms with E-state index in [9.17, 15) is 9.59 Å². The molecule has 2 N–H and O–H groups in total. The summed E-state index contributed by atoms with van der Waals surface area (Å²) < 4.78 is 0. The maximum atomic E-state index is 13.2. The summed E-state index contributed by atoms with van der Waals surface area (Å²) in [5, 5.41) is 6.61. The zero-order valence-electron chi connectivity index (χ0n) is 18.1. The summed E-state index contributed by atoms with van der Waals surface area (Å²) >= 11 is 1.55. The van der Waals surface area contributed by atoms with Crippen molar-refractivity contribution in [3.05, 3.63) is 40.3 Å². The first kappa shape index (κ1) is 20.9. The third-order valence-electron chi connectivity index (χ3n) is 6.30. The number of benzene rings is 1. The van der Waals surface area contributed by atoms with E-state index in [2.05, 4.69) is 41.5 Å². The Morgan fingerprint density at radius 2 is 1.70 bits per heavy atom. The molecule has 30 heavy (non-hydrogen) atoms. The topological polar surface area (TPSA) is 61.4 Å². The number of fused-ring (bicyclic) bond motifs is 1. The first-order valence-electron chi connectivity index (χ1n) is 11.0. The van der Waals surface area contributed by atoms with Crippen LogP contribution in [0.15, 0.2) is 24.3 Å². The predicted molar refractivity (Wildman–Crippen MR) is 125 cm³/mol. The molecule has 5 nitrogen and oxygen atoms in total. The monoisotopic (exact) mass is 425 g/mol. The lowest BCUT2D eigenvalue weighted by Gasteiger charge is -2.32. The predicted octanol–water partition coefficient (Wildman–Crippen LogP) is 5.32. The molecule has 1 saturated heterocycles. The van der Waals surface area contributed by atoms with Crippen LogP contribution in [0.2, 0.25) is 0 Å². The van der Waals surface area contributed by atoms with Crippen molar-refractivity contribution in [2.24, 2.45) is 11.8 Å². The van der Waals surface area contributed by atoms with Gasteiger partial charge in [-0.15, -0.1) is 11.3 Å². The molecule has 2 aromatic rings. The second-order valence-corrected chi connectivity index (χ2v) is 10.0. The maximum absolute atomic E-state index is 13.2. The van der Waals surface area contributed by atoms with Crippen LogP contribution in [0, 0.1) is 11.8 Å². The van der Waals surface area contributed by atoms with E-state index in [4.69, 9.17) is 0 Å². The van der Waals surface area contributed by atoms with Gasteiger partial charge in [0, 0.05) is 36.3 Å². The highest BCUT2D eigenvalue weighted by Gasteiger charge is 2.28. The minimum atomic E-state index is -0.143. The number of nitrogens with zero attached hydrogens (tertiary/aromatic N) is 1. The Morgan fingerprint density at radius 3 is 2.37 bits per heavy atom. The smallest absolute Gasteiger partial charge is 0.258 e. The van der Waals surface area contributed by atoms with Crippen molar-refractivity contribution in [2.45, 2.75) is 52.9 Å². The third kappa shape index (κ3) is 4.53. The number of rotatable bonds is 4. The van der Waals surface area contributed by atoms with E-state index in [1.165, 1.54) is 30.3 Å². The highest BCUT2D eigenvalue weighted by molar-refractivity contribution is 7.17. The summed E-state index contributed by atoms with van der Waals surface area (Å²) in [6.07, 6.45) is 5.40. The van der Waals surface area contributed by atoms with Gasteiger partial charge in [-0.3, -0.25) is 9.59 Å². The molecule has 4 rings (SSSR count). The van der Waals surface area contributed by atoms with Gasteiger partial charge in [0.1, 0.15) is 5.00 Å². The second kappa shape index (κ2) is 8.80. The van der Waals surface area contributed by atoms with Crippen LogP contribution in [-0.4, -0.2) is 24.9 Å². The van der Waals surface area contributed by atoms with E-state index in [1.807, 2.05) is 12.1 Å². The van der Waals surface area contributed by atoms with Gasteiger partial charge in [0.15, 0.2) is 0 Å². The van der Waals surface area contributed by atoms with Crippen LogP contribution < -0.4 is 15.5 Å². The molecule has 1 aliphatic carbocycles. The van der Waals surface area contributed by atoms with E-state index in [-0.39, 0.29) is 11.8 Å². The number of hydrogen-bond donors (Lipinski definition) is 2. The average Bonchev–Trinajstić information content (AvgIpc) is 3.05. The standard InChI is InChI=1S/C24H31N3O2S/c1-15-10-12-27(13-11-15)19-7-5-18(6-8-19)26-23(29)22-20-9-4-16(2)14-21(20)30-24(22)25-17(3)28/h5-8,15-16H,4,9-14H2,1-3H3,(H,25,28)(H,26,29). The summed E-state index contributed by atoms with van der Waals surface area (Å²) in [5.41, 5.74) is 3.75. The van der Waals surface area contributed by atoms with E-state index in [0.717, 1.165) is 49.5 Å². The quantitative estimate of drug-likeness (QED) is 0.697. The minimum absolute atomic E-state index is 0.134. The number of nitrogens with one attached hydrogen (secondary N) is 2. The van der Waals surface area contributed by atoms with Gasteiger partial charge in [-0.25, -0.2) is 0 Å². The van der Waals surface area contributed by atoms with Crippen molar-refractivity contribution in [2.75, 3.05) is 28.6 Å². The van der Waals surface area contributed by atoms with Crippen LogP contribution >= 0.6 is 11.3 Å². The van der Waals surface area contributed by atoms with Crippen LogP contribution in [-0.2, 0) is 17.6 Å². The number of piperidine rings is 1. The lowest BCUT2D eigenvalue weighted by molar-refractivity contribution is -0.114. The highest BCUT2D eigenvalue weighted by atomic mass is 32.1. The lowest BCUT2D eigenvalue weighted by atomic mass is 9.88. The molecular weight excluding hydrogens is 394 g/mol. The first-order valence-corrected chi connectivity index (χ1v) is 11.8. The van der Waals surface area contributed by atoms with Crippen molar-refractivity contribution >= 4 is 39.5 Å². The number of carbonyl (C=O) groups is 2. The van der Waals surface area contributed by atoms with Crippen LogP contribution in [0.25, 0.3) is 0 Å². The minimum Gasteiger partial charge on any atom is -0.372 e. The molecule has 2 aliphatic rings. The molecule has 2 amide bonds. The fourth-order valence-corrected chi connectivity index (χ4v) is 5.91. The first-order chi connectivity index (χ1) is 14.4. The Kier molecular flexibility index (Phi) is 6.14. The summed E-state index contributed by atoms with van der Waals surface area (Å²) in [5.74, 6) is 1.14. The normalized spacial score (nSPS) is 19.3. The summed E-state index contributed by atoms with van der Waals surface area (Å²) in [6, 6.07) is 8.13. The number of hydrogen-bond acceptors (Lipinski definition) is 4. The molecule has 0 spiro atoms. The number of anilines is 3. The van der Waals surface area contributed by atoms with E-state index in [0.29, 0.717) is 16.5 Å². The Morgan fingerprint density at radius 1 is 1.00 bits per heavy atom. The van der Waals surface area contributed by atoms with Crippen molar-refractivity contribution in [1.82, 2.24) is 0 Å². The third-order valence-corrected chi connectivity index (χ3v) is 7.47. The van der Waals surface area contributed by atoms with Crippen LogP contribution in [0.5, 0.6) is 0 Å². The molecule has 1 unspecified atom stereocenters. The average molecular weight is 426 g/mol. The molecule has 6 heteroatoms. The van der Waals surface area contributed by atoms with Gasteiger partial charge in [-0.1, -0.05) is 13.8 Å². The molecule has 0 radical (unpaired) electrons. The van der Waals surface area contributed by atoms with Crippen molar-refractivity contribution in [1.29, 1.82) is 0 Å². The van der Waals surface area contributed by atoms with Crippen molar-refractivity contribution < 1.29 is 9.59 Å². The van der Waals surface area contributed by atoms with Gasteiger partial charge in [-0.2, -0.15) is 0 Å². The molecule has 1 aromatic heterocycles. The lowest BCUT2D eigenvalue weighted by Crippen LogP contribution is -2.32. The van der Waals surface area contributed by atoms with Crippen molar-refractivity contribution in [3.63, 3.8) is 0 Å². The van der Waals surface area contributed by atoms with E-state index >= 15 is 0 Å². The van der Waals surface area contributed by atoms with Gasteiger partial charge in [0.05, 0.1) is 5.56 Å². The van der Waals surface area contributed by atoms with Crippen LogP contribution in [0.3, 0.4) is 0 Å². The van der Waals surface area contributed by atoms with Gasteiger partial charge >= 0.3 is 0 Å². The van der Waals surface area contributed by atoms with Gasteiger partial charge < -0.3 is 15.5 Å². The molecule has 1 aromatic carbocycles. The molecule has 1 atom stereocenters. The summed E-state index contributed by atoms with van der Waals surface area (Å²) in [4.78, 5) is 28.5. The molecule has 0 bridgehead atoms. The Balaban J connectivity index is 1.51. The molecule has 1 aliphatic heterocycles. The second-order valence-electron chi connectivity index (χ2n) is 8.91. The molecule has 0 saturated carbocycles. The summed E-state index contributed by atoms with van der Waals surface area (Å²) in [7, 11) is 0. The Bertz CT molecular complexity index is 927. The molecular formula is C24H31N3O2S. The fourth-order valence-electron chi connectivity index (χ4n) is 4.45. The zero-order chi connectivity index (χ0) is 21.3. The molecule has 160 valence electrons. The SMILES string of the molecule is CC(=O)Nc1sc2c(c1C(=O)Nc1ccc(N3CCC(C)CC3)cc1)CCC(C)C2. The molecule has 2 heterocycles. The van der Waals surface area contributed by atoms with Gasteiger partial charge in [0.2, 0.25) is 5.91 Å². The fraction of sp³-hybridized carbons (Fsp3) is 0.500. The van der Waals surface area contributed by atoms with Gasteiger partial charge in [-0.05, 0) is 73.8 Å². The number of carbonyl (C=O) groups excluding carboxylic acids is 2. The highest BCUT2D eigenvalue weighted by Crippen LogP contribution is 2.40. The van der Waals surface area contributed by atoms with Crippen molar-refractivity contribution in [3.8, 4) is 0 Å². The maximum Gasteiger partial charge on any atom is 0.258 e. The molecule has 1 fully saturated rings. The Hall–Kier alpha value is -2.34. The Labute approximate surface area is 182 Å². The van der Waals surface area contributed by atoms with Crippen LogP contribution in [0.4, 0.5) is 16.4 Å². The van der Waals surface area contributed by atoms with Crippen LogP contribution in [0.1, 0.15) is 60.8 Å². The number of amides is 2. The van der Waals surface area contributed by atoms with E-state index < -0.39 is 0 Å². The largest absolute Gasteiger partial charge is 0.372 e. The zero-order valence-corrected chi connectivity index (χ0v) is 18.9. The van der Waals surface area contributed by atoms with E-state index in [1.54, 1.807) is 11.3 Å².